The number of nitrogens with one attached hydrogen (secondary N) is 1. The lowest BCUT2D eigenvalue weighted by atomic mass is 10.2. The minimum Gasteiger partial charge on any atom is -0.421 e. The Labute approximate surface area is 170 Å². The zero-order chi connectivity index (χ0) is 20.8. The Morgan fingerprint density at radius 3 is 2.17 bits per heavy atom. The molecule has 0 spiro atoms. The first kappa shape index (κ1) is 19.7. The number of sulfonamides is 1. The van der Waals surface area contributed by atoms with Gasteiger partial charge in [-0.25, -0.2) is 8.42 Å². The van der Waals surface area contributed by atoms with Crippen LogP contribution in [-0.4, -0.2) is 54.1 Å². The highest BCUT2D eigenvalue weighted by Gasteiger charge is 2.35. The minimum absolute atomic E-state index is 0.223. The highest BCUT2D eigenvalue weighted by atomic mass is 32.2. The maximum atomic E-state index is 13.5. The molecule has 0 amide bonds. The number of aromatic amines is 1. The van der Waals surface area contributed by atoms with Gasteiger partial charge >= 0.3 is 0 Å². The molecule has 1 aliphatic rings. The van der Waals surface area contributed by atoms with Gasteiger partial charge in [-0.3, -0.25) is 0 Å². The molecule has 154 valence electrons. The number of hydrogen-bond acceptors (Lipinski definition) is 6. The van der Waals surface area contributed by atoms with Gasteiger partial charge in [0, 0.05) is 50.2 Å². The van der Waals surface area contributed by atoms with Crippen molar-refractivity contribution in [2.24, 2.45) is 0 Å². The summed E-state index contributed by atoms with van der Waals surface area (Å²) in [4.78, 5) is 5.56. The molecule has 1 aromatic carbocycles. The second kappa shape index (κ2) is 7.31. The molecule has 1 N–H and O–H groups in total. The first-order valence-corrected chi connectivity index (χ1v) is 11.0. The summed E-state index contributed by atoms with van der Waals surface area (Å²) in [6, 6.07) is 8.30. The fourth-order valence-electron chi connectivity index (χ4n) is 3.81. The molecule has 3 aromatic rings. The van der Waals surface area contributed by atoms with Crippen molar-refractivity contribution in [3.63, 3.8) is 0 Å². The molecule has 1 aliphatic heterocycles. The molecular formula is C20H25N5O3S. The average Bonchev–Trinajstić information content (AvgIpc) is 3.24. The monoisotopic (exact) mass is 415 g/mol. The Balaban J connectivity index is 1.61. The fourth-order valence-corrected chi connectivity index (χ4v) is 5.65. The molecule has 0 unspecified atom stereocenters. The van der Waals surface area contributed by atoms with Crippen LogP contribution in [0.3, 0.4) is 0 Å². The number of benzene rings is 1. The van der Waals surface area contributed by atoms with Crippen molar-refractivity contribution in [2.45, 2.75) is 32.6 Å². The summed E-state index contributed by atoms with van der Waals surface area (Å²) in [5.74, 6) is 0.620. The van der Waals surface area contributed by atoms with Gasteiger partial charge in [-0.15, -0.1) is 10.2 Å². The third kappa shape index (κ3) is 3.56. The Bertz CT molecular complexity index is 1120. The number of anilines is 1. The van der Waals surface area contributed by atoms with Crippen LogP contribution in [0.4, 0.5) is 5.69 Å². The van der Waals surface area contributed by atoms with Crippen LogP contribution in [0.2, 0.25) is 0 Å². The van der Waals surface area contributed by atoms with Crippen molar-refractivity contribution in [1.82, 2.24) is 19.5 Å². The topological polar surface area (TPSA) is 95.3 Å². The van der Waals surface area contributed by atoms with Crippen LogP contribution in [0.1, 0.15) is 22.8 Å². The molecular weight excluding hydrogens is 390 g/mol. The second-order valence-electron chi connectivity index (χ2n) is 7.43. The van der Waals surface area contributed by atoms with Crippen LogP contribution in [0.25, 0.3) is 11.5 Å². The van der Waals surface area contributed by atoms with Crippen LogP contribution in [-0.2, 0) is 10.0 Å². The molecule has 3 heterocycles. The molecule has 2 aromatic heterocycles. The molecule has 29 heavy (non-hydrogen) atoms. The zero-order valence-corrected chi connectivity index (χ0v) is 17.9. The van der Waals surface area contributed by atoms with Gasteiger partial charge in [-0.05, 0) is 32.9 Å². The van der Waals surface area contributed by atoms with Gasteiger partial charge in [0.25, 0.3) is 5.89 Å². The lowest BCUT2D eigenvalue weighted by Gasteiger charge is -2.35. The molecule has 8 nitrogen and oxygen atoms in total. The Morgan fingerprint density at radius 2 is 1.59 bits per heavy atom. The number of rotatable bonds is 4. The molecule has 4 rings (SSSR count). The molecule has 9 heteroatoms. The summed E-state index contributed by atoms with van der Waals surface area (Å²) in [6.07, 6.45) is 0. The predicted molar refractivity (Wildman–Crippen MR) is 110 cm³/mol. The molecule has 0 bridgehead atoms. The standard InChI is InChI=1S/C20H25N5O3S/c1-13-5-7-17(8-6-13)24-9-11-25(12-10-24)29(26,27)19-15(3)21-14(2)18(19)20-23-22-16(4)28-20/h5-8,21H,9-12H2,1-4H3. The van der Waals surface area contributed by atoms with Crippen molar-refractivity contribution in [3.8, 4) is 11.5 Å². The number of hydrogen-bond donors (Lipinski definition) is 1. The fraction of sp³-hybridized carbons (Fsp3) is 0.400. The smallest absolute Gasteiger partial charge is 0.250 e. The first-order valence-electron chi connectivity index (χ1n) is 9.59. The van der Waals surface area contributed by atoms with Gasteiger partial charge in [0.2, 0.25) is 15.9 Å². The normalized spacial score (nSPS) is 15.8. The van der Waals surface area contributed by atoms with E-state index in [1.165, 1.54) is 5.56 Å². The third-order valence-electron chi connectivity index (χ3n) is 5.29. The van der Waals surface area contributed by atoms with E-state index in [-0.39, 0.29) is 10.8 Å². The quantitative estimate of drug-likeness (QED) is 0.704. The average molecular weight is 416 g/mol. The largest absolute Gasteiger partial charge is 0.421 e. The molecule has 0 saturated carbocycles. The number of piperazine rings is 1. The highest BCUT2D eigenvalue weighted by Crippen LogP contribution is 2.35. The van der Waals surface area contributed by atoms with Gasteiger partial charge < -0.3 is 14.3 Å². The maximum Gasteiger partial charge on any atom is 0.250 e. The zero-order valence-electron chi connectivity index (χ0n) is 17.1. The Morgan fingerprint density at radius 1 is 0.931 bits per heavy atom. The summed E-state index contributed by atoms with van der Waals surface area (Å²) in [5.41, 5.74) is 4.06. The van der Waals surface area contributed by atoms with Gasteiger partial charge in [0.05, 0.1) is 5.56 Å². The summed E-state index contributed by atoms with van der Waals surface area (Å²) in [5, 5.41) is 7.89. The Hall–Kier alpha value is -2.65. The lowest BCUT2D eigenvalue weighted by Crippen LogP contribution is -2.48. The third-order valence-corrected chi connectivity index (χ3v) is 7.36. The van der Waals surface area contributed by atoms with Crippen molar-refractivity contribution in [2.75, 3.05) is 31.1 Å². The van der Waals surface area contributed by atoms with E-state index >= 15 is 0 Å². The van der Waals surface area contributed by atoms with E-state index in [9.17, 15) is 8.42 Å². The molecule has 0 atom stereocenters. The van der Waals surface area contributed by atoms with Gasteiger partial charge in [0.15, 0.2) is 0 Å². The molecule has 0 radical (unpaired) electrons. The molecule has 0 aliphatic carbocycles. The number of aryl methyl sites for hydroxylation is 4. The van der Waals surface area contributed by atoms with E-state index in [1.54, 1.807) is 18.2 Å². The lowest BCUT2D eigenvalue weighted by molar-refractivity contribution is 0.384. The van der Waals surface area contributed by atoms with Crippen LogP contribution in [0.15, 0.2) is 33.6 Å². The van der Waals surface area contributed by atoms with Crippen molar-refractivity contribution < 1.29 is 12.8 Å². The number of H-pyrrole nitrogens is 1. The summed E-state index contributed by atoms with van der Waals surface area (Å²) in [7, 11) is -3.71. The minimum atomic E-state index is -3.71. The second-order valence-corrected chi connectivity index (χ2v) is 9.31. The summed E-state index contributed by atoms with van der Waals surface area (Å²) >= 11 is 0. The van der Waals surface area contributed by atoms with Crippen LogP contribution < -0.4 is 4.90 Å². The van der Waals surface area contributed by atoms with E-state index in [0.29, 0.717) is 49.0 Å². The van der Waals surface area contributed by atoms with Crippen molar-refractivity contribution >= 4 is 15.7 Å². The molecule has 1 saturated heterocycles. The van der Waals surface area contributed by atoms with Crippen LogP contribution >= 0.6 is 0 Å². The maximum absolute atomic E-state index is 13.5. The molecule has 1 fully saturated rings. The van der Waals surface area contributed by atoms with Crippen molar-refractivity contribution in [1.29, 1.82) is 0 Å². The van der Waals surface area contributed by atoms with E-state index in [2.05, 4.69) is 51.3 Å². The number of nitrogens with zero attached hydrogens (tertiary/aromatic N) is 4. The van der Waals surface area contributed by atoms with E-state index in [1.807, 2.05) is 6.92 Å². The van der Waals surface area contributed by atoms with Gasteiger partial charge in [0.1, 0.15) is 4.90 Å². The predicted octanol–water partition coefficient (Wildman–Crippen LogP) is 2.81. The summed E-state index contributed by atoms with van der Waals surface area (Å²) < 4.78 is 34.1. The van der Waals surface area contributed by atoms with Gasteiger partial charge in [-0.1, -0.05) is 17.7 Å². The SMILES string of the molecule is Cc1ccc(N2CCN(S(=O)(=O)c3c(C)[nH]c(C)c3-c3nnc(C)o3)CC2)cc1. The van der Waals surface area contributed by atoms with E-state index < -0.39 is 10.0 Å². The van der Waals surface area contributed by atoms with Gasteiger partial charge in [-0.2, -0.15) is 4.31 Å². The van der Waals surface area contributed by atoms with Crippen molar-refractivity contribution in [3.05, 3.63) is 47.1 Å². The first-order chi connectivity index (χ1) is 13.8. The van der Waals surface area contributed by atoms with Crippen LogP contribution in [0, 0.1) is 27.7 Å². The van der Waals surface area contributed by atoms with E-state index in [0.717, 1.165) is 5.69 Å². The van der Waals surface area contributed by atoms with Crippen LogP contribution in [0.5, 0.6) is 0 Å². The van der Waals surface area contributed by atoms with E-state index in [4.69, 9.17) is 4.42 Å². The Kier molecular flexibility index (Phi) is 4.95. The summed E-state index contributed by atoms with van der Waals surface area (Å²) in [6.45, 7) is 9.43. The highest BCUT2D eigenvalue weighted by molar-refractivity contribution is 7.89. The number of aromatic nitrogens is 3.